The van der Waals surface area contributed by atoms with Crippen LogP contribution >= 0.6 is 0 Å². The Morgan fingerprint density at radius 1 is 1.38 bits per heavy atom. The fraction of sp³-hybridized carbons (Fsp3) is 0.636. The maximum absolute atomic E-state index is 12.5. The first-order valence-corrected chi connectivity index (χ1v) is 7.72. The number of nitrogens with zero attached hydrogens (tertiary/aromatic N) is 3. The Morgan fingerprint density at radius 2 is 2.05 bits per heavy atom. The van der Waals surface area contributed by atoms with E-state index in [1.165, 1.54) is 14.1 Å². The predicted octanol–water partition coefficient (Wildman–Crippen LogP) is -2.53. The van der Waals surface area contributed by atoms with E-state index in [2.05, 4.69) is 0 Å². The molecular weight excluding hydrogens is 302 g/mol. The average molecular weight is 319 g/mol. The zero-order valence-corrected chi connectivity index (χ0v) is 12.5. The molecule has 1 aromatic rings. The molecule has 1 fully saturated rings. The Balaban J connectivity index is 2.50. The molecule has 9 nitrogen and oxygen atoms in total. The van der Waals surface area contributed by atoms with Gasteiger partial charge in [0.25, 0.3) is 5.56 Å². The van der Waals surface area contributed by atoms with Crippen LogP contribution in [0.2, 0.25) is 0 Å². The van der Waals surface area contributed by atoms with Crippen LogP contribution in [0.1, 0.15) is 0 Å². The van der Waals surface area contributed by atoms with Gasteiger partial charge in [-0.25, -0.2) is 13.2 Å². The summed E-state index contributed by atoms with van der Waals surface area (Å²) in [6, 6.07) is 0. The summed E-state index contributed by atoms with van der Waals surface area (Å²) in [6.07, 6.45) is 0.397. The van der Waals surface area contributed by atoms with Gasteiger partial charge in [-0.05, 0) is 0 Å². The van der Waals surface area contributed by atoms with Gasteiger partial charge in [0.1, 0.15) is 0 Å². The first kappa shape index (κ1) is 15.9. The van der Waals surface area contributed by atoms with Crippen LogP contribution in [0, 0.1) is 0 Å². The summed E-state index contributed by atoms with van der Waals surface area (Å²) in [7, 11) is -1.45. The van der Waals surface area contributed by atoms with E-state index in [1.807, 2.05) is 0 Å². The number of ether oxygens (including phenoxy) is 1. The van der Waals surface area contributed by atoms with E-state index < -0.39 is 32.3 Å². The maximum atomic E-state index is 12.5. The van der Waals surface area contributed by atoms with Gasteiger partial charge in [0, 0.05) is 33.4 Å². The van der Waals surface area contributed by atoms with E-state index in [1.54, 1.807) is 0 Å². The van der Waals surface area contributed by atoms with Crippen LogP contribution in [-0.4, -0.2) is 59.4 Å². The van der Waals surface area contributed by atoms with Crippen molar-refractivity contribution < 1.29 is 18.3 Å². The first-order chi connectivity index (χ1) is 9.78. The van der Waals surface area contributed by atoms with Crippen molar-refractivity contribution in [3.05, 3.63) is 27.0 Å². The molecule has 0 radical (unpaired) electrons. The van der Waals surface area contributed by atoms with Crippen molar-refractivity contribution in [2.24, 2.45) is 14.1 Å². The second-order valence-corrected chi connectivity index (χ2v) is 6.70. The molecule has 2 heterocycles. The van der Waals surface area contributed by atoms with Crippen molar-refractivity contribution in [3.63, 3.8) is 0 Å². The van der Waals surface area contributed by atoms with Gasteiger partial charge in [-0.1, -0.05) is 0 Å². The highest BCUT2D eigenvalue weighted by atomic mass is 32.2. The second-order valence-electron chi connectivity index (χ2n) is 4.79. The lowest BCUT2D eigenvalue weighted by atomic mass is 10.3. The normalized spacial score (nSPS) is 20.6. The molecule has 118 valence electrons. The Bertz CT molecular complexity index is 750. The Kier molecular flexibility index (Phi) is 4.33. The topological polar surface area (TPSA) is 111 Å². The molecule has 0 bridgehead atoms. The summed E-state index contributed by atoms with van der Waals surface area (Å²) in [5, 5.41) is 9.07. The molecular formula is C11H17N3O6S. The Labute approximate surface area is 121 Å². The number of aryl methyl sites for hydroxylation is 1. The summed E-state index contributed by atoms with van der Waals surface area (Å²) in [5.41, 5.74) is -1.47. The van der Waals surface area contributed by atoms with Crippen LogP contribution in [0.15, 0.2) is 20.7 Å². The van der Waals surface area contributed by atoms with E-state index in [9.17, 15) is 18.0 Å². The van der Waals surface area contributed by atoms with Crippen molar-refractivity contribution >= 4 is 10.0 Å². The monoisotopic (exact) mass is 319 g/mol. The minimum Gasteiger partial charge on any atom is -0.394 e. The fourth-order valence-corrected chi connectivity index (χ4v) is 3.72. The third-order valence-electron chi connectivity index (χ3n) is 3.34. The molecule has 0 aliphatic carbocycles. The van der Waals surface area contributed by atoms with E-state index in [0.717, 1.165) is 19.6 Å². The van der Waals surface area contributed by atoms with Crippen LogP contribution in [0.5, 0.6) is 0 Å². The molecule has 1 aliphatic heterocycles. The van der Waals surface area contributed by atoms with Gasteiger partial charge in [-0.3, -0.25) is 9.36 Å². The maximum Gasteiger partial charge on any atom is 0.330 e. The first-order valence-electron chi connectivity index (χ1n) is 6.28. The minimum atomic E-state index is -4.05. The van der Waals surface area contributed by atoms with E-state index in [4.69, 9.17) is 9.84 Å². The molecule has 1 saturated heterocycles. The third kappa shape index (κ3) is 2.79. The SMILES string of the molecule is Cn1cc(S(=O)(=O)N2CCOC(CO)C2)c(=O)n(C)c1=O. The van der Waals surface area contributed by atoms with Crippen molar-refractivity contribution in [1.82, 2.24) is 13.4 Å². The zero-order chi connectivity index (χ0) is 15.8. The van der Waals surface area contributed by atoms with Gasteiger partial charge in [-0.15, -0.1) is 0 Å². The standard InChI is InChI=1S/C11H17N3O6S/c1-12-6-9(10(16)13(2)11(12)17)21(18,19)14-3-4-20-8(5-14)7-15/h6,8,15H,3-5,7H2,1-2H3. The van der Waals surface area contributed by atoms with Gasteiger partial charge in [0.2, 0.25) is 10.0 Å². The smallest absolute Gasteiger partial charge is 0.330 e. The average Bonchev–Trinajstić information content (AvgIpc) is 2.48. The number of hydrogen-bond donors (Lipinski definition) is 1. The molecule has 0 aromatic carbocycles. The molecule has 10 heteroatoms. The Hall–Kier alpha value is -1.49. The van der Waals surface area contributed by atoms with Crippen LogP contribution in [-0.2, 0) is 28.9 Å². The van der Waals surface area contributed by atoms with E-state index >= 15 is 0 Å². The van der Waals surface area contributed by atoms with Crippen molar-refractivity contribution in [2.45, 2.75) is 11.0 Å². The van der Waals surface area contributed by atoms with Crippen molar-refractivity contribution in [1.29, 1.82) is 0 Å². The number of morpholine rings is 1. The summed E-state index contributed by atoms with van der Waals surface area (Å²) in [5.74, 6) is 0. The molecule has 0 spiro atoms. The molecule has 1 N–H and O–H groups in total. The predicted molar refractivity (Wildman–Crippen MR) is 72.5 cm³/mol. The van der Waals surface area contributed by atoms with Gasteiger partial charge in [0.15, 0.2) is 4.90 Å². The van der Waals surface area contributed by atoms with Crippen LogP contribution < -0.4 is 11.2 Å². The molecule has 1 unspecified atom stereocenters. The van der Waals surface area contributed by atoms with Crippen molar-refractivity contribution in [3.8, 4) is 0 Å². The molecule has 21 heavy (non-hydrogen) atoms. The number of sulfonamides is 1. The van der Waals surface area contributed by atoms with E-state index in [-0.39, 0.29) is 26.3 Å². The molecule has 1 aromatic heterocycles. The lowest BCUT2D eigenvalue weighted by Crippen LogP contribution is -2.49. The Morgan fingerprint density at radius 3 is 2.67 bits per heavy atom. The molecule has 0 saturated carbocycles. The van der Waals surface area contributed by atoms with Crippen LogP contribution in [0.4, 0.5) is 0 Å². The molecule has 2 rings (SSSR count). The molecule has 0 amide bonds. The number of aliphatic hydroxyl groups excluding tert-OH is 1. The summed E-state index contributed by atoms with van der Waals surface area (Å²) in [4.78, 5) is 23.2. The molecule has 1 aliphatic rings. The van der Waals surface area contributed by atoms with Gasteiger partial charge in [0.05, 0.1) is 19.3 Å². The lowest BCUT2D eigenvalue weighted by Gasteiger charge is -2.31. The number of aliphatic hydroxyl groups is 1. The van der Waals surface area contributed by atoms with Gasteiger partial charge in [-0.2, -0.15) is 4.31 Å². The van der Waals surface area contributed by atoms with Crippen LogP contribution in [0.25, 0.3) is 0 Å². The highest BCUT2D eigenvalue weighted by Crippen LogP contribution is 2.15. The molecule has 1 atom stereocenters. The number of rotatable bonds is 3. The highest BCUT2D eigenvalue weighted by Gasteiger charge is 2.33. The zero-order valence-electron chi connectivity index (χ0n) is 11.7. The minimum absolute atomic E-state index is 0.0369. The number of hydrogen-bond acceptors (Lipinski definition) is 6. The van der Waals surface area contributed by atoms with Gasteiger partial charge < -0.3 is 14.4 Å². The second kappa shape index (κ2) is 5.72. The quantitative estimate of drug-likeness (QED) is 0.657. The largest absolute Gasteiger partial charge is 0.394 e. The summed E-state index contributed by atoms with van der Waals surface area (Å²) in [6.45, 7) is -0.122. The van der Waals surface area contributed by atoms with E-state index in [0.29, 0.717) is 0 Å². The number of aromatic nitrogens is 2. The van der Waals surface area contributed by atoms with Gasteiger partial charge >= 0.3 is 5.69 Å². The summed E-state index contributed by atoms with van der Waals surface area (Å²) < 4.78 is 33.1. The third-order valence-corrected chi connectivity index (χ3v) is 5.19. The summed E-state index contributed by atoms with van der Waals surface area (Å²) >= 11 is 0. The lowest BCUT2D eigenvalue weighted by molar-refractivity contribution is -0.0305. The van der Waals surface area contributed by atoms with Crippen molar-refractivity contribution in [2.75, 3.05) is 26.3 Å². The fourth-order valence-electron chi connectivity index (χ4n) is 2.11. The van der Waals surface area contributed by atoms with Crippen LogP contribution in [0.3, 0.4) is 0 Å². The highest BCUT2D eigenvalue weighted by molar-refractivity contribution is 7.89.